The number of nitrogens with one attached hydrogen (secondary N) is 1. The van der Waals surface area contributed by atoms with Crippen LogP contribution in [0.2, 0.25) is 0 Å². The largest absolute Gasteiger partial charge is 0.480 e. The summed E-state index contributed by atoms with van der Waals surface area (Å²) < 4.78 is 10.9. The first-order chi connectivity index (χ1) is 10.6. The van der Waals surface area contributed by atoms with Gasteiger partial charge in [0.05, 0.1) is 5.69 Å². The van der Waals surface area contributed by atoms with Gasteiger partial charge in [0.25, 0.3) is 5.91 Å². The van der Waals surface area contributed by atoms with E-state index in [0.717, 1.165) is 23.6 Å². The molecule has 1 aromatic carbocycles. The molecule has 1 N–H and O–H groups in total. The van der Waals surface area contributed by atoms with Gasteiger partial charge in [-0.1, -0.05) is 22.9 Å². The Morgan fingerprint density at radius 2 is 2.23 bits per heavy atom. The maximum atomic E-state index is 12.2. The summed E-state index contributed by atoms with van der Waals surface area (Å²) in [6, 6.07) is 7.95. The fraction of sp³-hybridized carbons (Fsp3) is 0.412. The lowest BCUT2D eigenvalue weighted by Gasteiger charge is -2.25. The van der Waals surface area contributed by atoms with Crippen LogP contribution in [-0.4, -0.2) is 23.7 Å². The van der Waals surface area contributed by atoms with Gasteiger partial charge < -0.3 is 14.6 Å². The molecule has 1 aliphatic heterocycles. The molecule has 0 saturated carbocycles. The molecule has 1 amide bonds. The molecule has 3 rings (SSSR count). The Kier molecular flexibility index (Phi) is 4.13. The van der Waals surface area contributed by atoms with Crippen molar-refractivity contribution in [3.8, 4) is 5.75 Å². The third-order valence-electron chi connectivity index (χ3n) is 3.80. The molecule has 1 aliphatic rings. The maximum Gasteiger partial charge on any atom is 0.261 e. The van der Waals surface area contributed by atoms with Gasteiger partial charge in [0.2, 0.25) is 0 Å². The fourth-order valence-corrected chi connectivity index (χ4v) is 2.66. The predicted molar refractivity (Wildman–Crippen MR) is 81.9 cm³/mol. The number of benzene rings is 1. The molecule has 2 aromatic rings. The number of carbonyl (C=O) groups is 1. The Labute approximate surface area is 129 Å². The highest BCUT2D eigenvalue weighted by Gasteiger charge is 2.25. The summed E-state index contributed by atoms with van der Waals surface area (Å²) >= 11 is 0. The first-order valence-corrected chi connectivity index (χ1v) is 7.58. The highest BCUT2D eigenvalue weighted by atomic mass is 16.5. The Balaban J connectivity index is 1.52. The normalized spacial score (nSPS) is 16.7. The second-order valence-corrected chi connectivity index (χ2v) is 5.73. The van der Waals surface area contributed by atoms with Crippen LogP contribution in [0, 0.1) is 13.8 Å². The first kappa shape index (κ1) is 14.6. The molecule has 0 spiro atoms. The zero-order chi connectivity index (χ0) is 15.5. The van der Waals surface area contributed by atoms with Crippen LogP contribution in [0.3, 0.4) is 0 Å². The van der Waals surface area contributed by atoms with Crippen LogP contribution in [-0.2, 0) is 17.6 Å². The van der Waals surface area contributed by atoms with E-state index in [9.17, 15) is 4.79 Å². The Morgan fingerprint density at radius 3 is 3.00 bits per heavy atom. The van der Waals surface area contributed by atoms with Gasteiger partial charge in [-0.15, -0.1) is 0 Å². The number of rotatable bonds is 4. The number of amides is 1. The van der Waals surface area contributed by atoms with Crippen LogP contribution in [0.4, 0.5) is 0 Å². The van der Waals surface area contributed by atoms with Gasteiger partial charge in [0.15, 0.2) is 6.10 Å². The number of carbonyl (C=O) groups excluding carboxylic acids is 1. The van der Waals surface area contributed by atoms with E-state index in [4.69, 9.17) is 9.26 Å². The van der Waals surface area contributed by atoms with Crippen molar-refractivity contribution in [1.82, 2.24) is 10.5 Å². The summed E-state index contributed by atoms with van der Waals surface area (Å²) in [5.41, 5.74) is 3.25. The molecule has 116 valence electrons. The molecule has 0 radical (unpaired) electrons. The number of aromatic nitrogens is 1. The Hall–Kier alpha value is -2.30. The molecule has 22 heavy (non-hydrogen) atoms. The van der Waals surface area contributed by atoms with E-state index in [-0.39, 0.29) is 5.91 Å². The third kappa shape index (κ3) is 3.30. The van der Waals surface area contributed by atoms with Gasteiger partial charge in [-0.2, -0.15) is 0 Å². The summed E-state index contributed by atoms with van der Waals surface area (Å²) in [5.74, 6) is 1.54. The van der Waals surface area contributed by atoms with Crippen LogP contribution < -0.4 is 10.1 Å². The molecule has 0 saturated heterocycles. The number of nitrogens with zero attached hydrogens (tertiary/aromatic N) is 1. The van der Waals surface area contributed by atoms with E-state index < -0.39 is 6.10 Å². The number of fused-ring (bicyclic) bond motifs is 1. The summed E-state index contributed by atoms with van der Waals surface area (Å²) in [4.78, 5) is 12.2. The molecule has 1 atom stereocenters. The molecular formula is C17H20N2O3. The fourth-order valence-electron chi connectivity index (χ4n) is 2.66. The standard InChI is InChI=1S/C17H20N2O3/c1-11-3-5-15-13(9-11)4-6-16(21-15)17(20)18-8-7-14-10-12(2)19-22-14/h3,5,9-10,16H,4,6-8H2,1-2H3,(H,18,20). The molecule has 0 fully saturated rings. The molecule has 0 bridgehead atoms. The average Bonchev–Trinajstić information content (AvgIpc) is 2.92. The van der Waals surface area contributed by atoms with Crippen LogP contribution in [0.15, 0.2) is 28.8 Å². The van der Waals surface area contributed by atoms with Crippen LogP contribution in [0.1, 0.15) is 29.0 Å². The minimum absolute atomic E-state index is 0.0672. The summed E-state index contributed by atoms with van der Waals surface area (Å²) in [6.45, 7) is 4.46. The SMILES string of the molecule is Cc1ccc2c(c1)CCC(C(=O)NCCc1cc(C)no1)O2. The minimum Gasteiger partial charge on any atom is -0.480 e. The van der Waals surface area contributed by atoms with Crippen molar-refractivity contribution in [2.45, 2.75) is 39.2 Å². The number of hydrogen-bond donors (Lipinski definition) is 1. The van der Waals surface area contributed by atoms with Gasteiger partial charge in [-0.25, -0.2) is 0 Å². The highest BCUT2D eigenvalue weighted by molar-refractivity contribution is 5.81. The van der Waals surface area contributed by atoms with Gasteiger partial charge in [-0.3, -0.25) is 4.79 Å². The summed E-state index contributed by atoms with van der Waals surface area (Å²) in [5, 5.41) is 6.72. The Bertz CT molecular complexity index is 678. The van der Waals surface area contributed by atoms with E-state index in [1.807, 2.05) is 25.1 Å². The molecular weight excluding hydrogens is 280 g/mol. The van der Waals surface area contributed by atoms with Crippen LogP contribution in [0.5, 0.6) is 5.75 Å². The van der Waals surface area contributed by atoms with E-state index in [0.29, 0.717) is 19.4 Å². The lowest BCUT2D eigenvalue weighted by Crippen LogP contribution is -2.41. The maximum absolute atomic E-state index is 12.2. The van der Waals surface area contributed by atoms with Gasteiger partial charge in [-0.05, 0) is 38.3 Å². The number of aryl methyl sites for hydroxylation is 3. The topological polar surface area (TPSA) is 64.4 Å². The van der Waals surface area contributed by atoms with Crippen molar-refractivity contribution < 1.29 is 14.1 Å². The second-order valence-electron chi connectivity index (χ2n) is 5.73. The van der Waals surface area contributed by atoms with Gasteiger partial charge >= 0.3 is 0 Å². The molecule has 0 aliphatic carbocycles. The van der Waals surface area contributed by atoms with E-state index in [2.05, 4.69) is 23.5 Å². The van der Waals surface area contributed by atoms with Gasteiger partial charge in [0.1, 0.15) is 11.5 Å². The average molecular weight is 300 g/mol. The summed E-state index contributed by atoms with van der Waals surface area (Å²) in [6.07, 6.45) is 1.81. The molecule has 5 heteroatoms. The predicted octanol–water partition coefficient (Wildman–Crippen LogP) is 2.34. The minimum atomic E-state index is -0.410. The smallest absolute Gasteiger partial charge is 0.261 e. The third-order valence-corrected chi connectivity index (χ3v) is 3.80. The zero-order valence-electron chi connectivity index (χ0n) is 12.9. The lowest BCUT2D eigenvalue weighted by atomic mass is 10.00. The van der Waals surface area contributed by atoms with Crippen molar-refractivity contribution in [1.29, 1.82) is 0 Å². The van der Waals surface area contributed by atoms with E-state index >= 15 is 0 Å². The highest BCUT2D eigenvalue weighted by Crippen LogP contribution is 2.28. The number of ether oxygens (including phenoxy) is 1. The van der Waals surface area contributed by atoms with Crippen LogP contribution >= 0.6 is 0 Å². The van der Waals surface area contributed by atoms with Crippen molar-refractivity contribution >= 4 is 5.91 Å². The molecule has 2 heterocycles. The van der Waals surface area contributed by atoms with Crippen molar-refractivity contribution in [3.63, 3.8) is 0 Å². The van der Waals surface area contributed by atoms with E-state index in [1.165, 1.54) is 11.1 Å². The monoisotopic (exact) mass is 300 g/mol. The van der Waals surface area contributed by atoms with Crippen molar-refractivity contribution in [2.75, 3.05) is 6.54 Å². The van der Waals surface area contributed by atoms with Crippen LogP contribution in [0.25, 0.3) is 0 Å². The second kappa shape index (κ2) is 6.22. The Morgan fingerprint density at radius 1 is 1.36 bits per heavy atom. The zero-order valence-corrected chi connectivity index (χ0v) is 12.9. The molecule has 1 unspecified atom stereocenters. The van der Waals surface area contributed by atoms with Crippen molar-refractivity contribution in [3.05, 3.63) is 46.8 Å². The molecule has 1 aromatic heterocycles. The summed E-state index contributed by atoms with van der Waals surface area (Å²) in [7, 11) is 0. The van der Waals surface area contributed by atoms with Gasteiger partial charge in [0, 0.05) is 19.0 Å². The molecule has 5 nitrogen and oxygen atoms in total. The first-order valence-electron chi connectivity index (χ1n) is 7.58. The van der Waals surface area contributed by atoms with Crippen molar-refractivity contribution in [2.24, 2.45) is 0 Å². The number of hydrogen-bond acceptors (Lipinski definition) is 4. The van der Waals surface area contributed by atoms with E-state index in [1.54, 1.807) is 0 Å². The lowest BCUT2D eigenvalue weighted by molar-refractivity contribution is -0.128. The quantitative estimate of drug-likeness (QED) is 0.941.